The van der Waals surface area contributed by atoms with E-state index in [1.54, 1.807) is 6.07 Å². The minimum atomic E-state index is 0.397. The molecule has 0 aliphatic carbocycles. The Hall–Kier alpha value is -1.01. The van der Waals surface area contributed by atoms with Crippen molar-refractivity contribution in [1.82, 2.24) is 9.97 Å². The second kappa shape index (κ2) is 7.43. The monoisotopic (exact) mass is 270 g/mol. The van der Waals surface area contributed by atoms with E-state index in [9.17, 15) is 0 Å². The molecule has 1 aromatic rings. The summed E-state index contributed by atoms with van der Waals surface area (Å²) in [6.07, 6.45) is 2.10. The fourth-order valence-corrected chi connectivity index (χ4v) is 2.23. The molecule has 0 radical (unpaired) electrons. The summed E-state index contributed by atoms with van der Waals surface area (Å²) in [7, 11) is 2.02. The molecule has 2 N–H and O–H groups in total. The molecule has 1 atom stereocenters. The number of nitrogen functional groups attached to an aromatic ring is 1. The Labute approximate surface area is 113 Å². The molecular formula is C12H22N4OS. The van der Waals surface area contributed by atoms with E-state index in [-0.39, 0.29) is 0 Å². The average Bonchev–Trinajstić information content (AvgIpc) is 2.35. The largest absolute Gasteiger partial charge is 0.384 e. The van der Waals surface area contributed by atoms with E-state index in [0.29, 0.717) is 30.9 Å². The van der Waals surface area contributed by atoms with Crippen LogP contribution in [-0.2, 0) is 11.3 Å². The van der Waals surface area contributed by atoms with Crippen molar-refractivity contribution in [2.75, 3.05) is 36.3 Å². The van der Waals surface area contributed by atoms with Crippen molar-refractivity contribution >= 4 is 23.4 Å². The fraction of sp³-hybridized carbons (Fsp3) is 0.667. The van der Waals surface area contributed by atoms with Gasteiger partial charge in [0, 0.05) is 31.5 Å². The Bertz CT molecular complexity index is 375. The molecule has 1 rings (SSSR count). The molecule has 0 bridgehead atoms. The van der Waals surface area contributed by atoms with Crippen LogP contribution in [0.25, 0.3) is 0 Å². The van der Waals surface area contributed by atoms with E-state index in [4.69, 9.17) is 10.5 Å². The van der Waals surface area contributed by atoms with E-state index in [1.165, 1.54) is 0 Å². The smallest absolute Gasteiger partial charge is 0.158 e. The molecule has 0 fully saturated rings. The maximum Gasteiger partial charge on any atom is 0.158 e. The van der Waals surface area contributed by atoms with Crippen molar-refractivity contribution < 1.29 is 4.74 Å². The number of nitrogens with zero attached hydrogens (tertiary/aromatic N) is 3. The Balaban J connectivity index is 2.84. The van der Waals surface area contributed by atoms with Crippen LogP contribution in [-0.4, -0.2) is 41.7 Å². The van der Waals surface area contributed by atoms with Crippen molar-refractivity contribution in [3.05, 3.63) is 11.9 Å². The standard InChI is InChI=1S/C12H22N4OS/c1-5-17-7-11-14-10(13)6-12(15-11)16(3)9(2)8-18-4/h6,9H,5,7-8H2,1-4H3,(H2,13,14,15). The molecule has 18 heavy (non-hydrogen) atoms. The van der Waals surface area contributed by atoms with Gasteiger partial charge in [-0.25, -0.2) is 9.97 Å². The number of anilines is 2. The summed E-state index contributed by atoms with van der Waals surface area (Å²) in [6, 6.07) is 2.20. The van der Waals surface area contributed by atoms with Crippen molar-refractivity contribution in [1.29, 1.82) is 0 Å². The van der Waals surface area contributed by atoms with Crippen molar-refractivity contribution in [2.24, 2.45) is 0 Å². The van der Waals surface area contributed by atoms with Gasteiger partial charge in [0.1, 0.15) is 18.2 Å². The van der Waals surface area contributed by atoms with Crippen LogP contribution in [0.2, 0.25) is 0 Å². The molecule has 1 unspecified atom stereocenters. The predicted molar refractivity (Wildman–Crippen MR) is 78.0 cm³/mol. The lowest BCUT2D eigenvalue weighted by atomic mass is 10.3. The molecule has 102 valence electrons. The molecule has 1 aromatic heterocycles. The van der Waals surface area contributed by atoms with E-state index < -0.39 is 0 Å². The SMILES string of the molecule is CCOCc1nc(N)cc(N(C)C(C)CSC)n1. The quantitative estimate of drug-likeness (QED) is 0.815. The summed E-state index contributed by atoms with van der Waals surface area (Å²) in [5.74, 6) is 3.01. The summed E-state index contributed by atoms with van der Waals surface area (Å²) >= 11 is 1.81. The summed E-state index contributed by atoms with van der Waals surface area (Å²) in [6.45, 7) is 5.16. The average molecular weight is 270 g/mol. The topological polar surface area (TPSA) is 64.3 Å². The molecule has 0 aliphatic heterocycles. The van der Waals surface area contributed by atoms with Crippen LogP contribution in [0.5, 0.6) is 0 Å². The van der Waals surface area contributed by atoms with Gasteiger partial charge in [0.05, 0.1) is 0 Å². The molecule has 0 aliphatic rings. The fourth-order valence-electron chi connectivity index (χ4n) is 1.52. The highest BCUT2D eigenvalue weighted by Gasteiger charge is 2.12. The van der Waals surface area contributed by atoms with Gasteiger partial charge in [-0.05, 0) is 20.1 Å². The van der Waals surface area contributed by atoms with Gasteiger partial charge < -0.3 is 15.4 Å². The lowest BCUT2D eigenvalue weighted by molar-refractivity contribution is 0.128. The lowest BCUT2D eigenvalue weighted by Crippen LogP contribution is -2.32. The Kier molecular flexibility index (Phi) is 6.21. The first-order chi connectivity index (χ1) is 8.58. The van der Waals surface area contributed by atoms with E-state index in [1.807, 2.05) is 25.7 Å². The normalized spacial score (nSPS) is 12.4. The van der Waals surface area contributed by atoms with Gasteiger partial charge in [-0.1, -0.05) is 0 Å². The van der Waals surface area contributed by atoms with Gasteiger partial charge in [-0.2, -0.15) is 11.8 Å². The molecular weight excluding hydrogens is 248 g/mol. The second-order valence-corrected chi connectivity index (χ2v) is 5.03. The van der Waals surface area contributed by atoms with Gasteiger partial charge in [0.25, 0.3) is 0 Å². The number of aromatic nitrogens is 2. The van der Waals surface area contributed by atoms with Crippen LogP contribution < -0.4 is 10.6 Å². The van der Waals surface area contributed by atoms with Crippen LogP contribution in [0.15, 0.2) is 6.07 Å². The van der Waals surface area contributed by atoms with E-state index in [2.05, 4.69) is 28.0 Å². The highest BCUT2D eigenvalue weighted by Crippen LogP contribution is 2.17. The van der Waals surface area contributed by atoms with Gasteiger partial charge in [0.2, 0.25) is 0 Å². The Morgan fingerprint density at radius 2 is 2.22 bits per heavy atom. The molecule has 0 saturated heterocycles. The van der Waals surface area contributed by atoms with Gasteiger partial charge >= 0.3 is 0 Å². The number of thioether (sulfide) groups is 1. The maximum atomic E-state index is 5.80. The van der Waals surface area contributed by atoms with Crippen LogP contribution >= 0.6 is 11.8 Å². The van der Waals surface area contributed by atoms with Crippen LogP contribution in [0.1, 0.15) is 19.7 Å². The summed E-state index contributed by atoms with van der Waals surface area (Å²) < 4.78 is 5.31. The lowest BCUT2D eigenvalue weighted by Gasteiger charge is -2.25. The van der Waals surface area contributed by atoms with Gasteiger partial charge in [-0.3, -0.25) is 0 Å². The van der Waals surface area contributed by atoms with Crippen LogP contribution in [0.4, 0.5) is 11.6 Å². The Morgan fingerprint density at radius 1 is 1.50 bits per heavy atom. The first kappa shape index (κ1) is 15.0. The van der Waals surface area contributed by atoms with Crippen molar-refractivity contribution in [3.63, 3.8) is 0 Å². The Morgan fingerprint density at radius 3 is 2.83 bits per heavy atom. The molecule has 5 nitrogen and oxygen atoms in total. The third kappa shape index (κ3) is 4.34. The molecule has 6 heteroatoms. The first-order valence-electron chi connectivity index (χ1n) is 6.01. The maximum absolute atomic E-state index is 5.80. The van der Waals surface area contributed by atoms with Crippen LogP contribution in [0, 0.1) is 0 Å². The number of nitrogens with two attached hydrogens (primary N) is 1. The minimum absolute atomic E-state index is 0.397. The van der Waals surface area contributed by atoms with Gasteiger partial charge in [0.15, 0.2) is 5.82 Å². The summed E-state index contributed by atoms with van der Waals surface area (Å²) in [5.41, 5.74) is 5.80. The van der Waals surface area contributed by atoms with Crippen molar-refractivity contribution in [3.8, 4) is 0 Å². The predicted octanol–water partition coefficient (Wildman–Crippen LogP) is 1.78. The van der Waals surface area contributed by atoms with Gasteiger partial charge in [-0.15, -0.1) is 0 Å². The third-order valence-corrected chi connectivity index (χ3v) is 3.46. The molecule has 1 heterocycles. The van der Waals surface area contributed by atoms with Crippen LogP contribution in [0.3, 0.4) is 0 Å². The third-order valence-electron chi connectivity index (χ3n) is 2.64. The highest BCUT2D eigenvalue weighted by atomic mass is 32.2. The zero-order valence-electron chi connectivity index (χ0n) is 11.5. The molecule has 0 saturated carbocycles. The van der Waals surface area contributed by atoms with E-state index >= 15 is 0 Å². The molecule has 0 aromatic carbocycles. The minimum Gasteiger partial charge on any atom is -0.384 e. The zero-order chi connectivity index (χ0) is 13.5. The first-order valence-corrected chi connectivity index (χ1v) is 7.40. The summed E-state index contributed by atoms with van der Waals surface area (Å²) in [5, 5.41) is 0. The number of rotatable bonds is 7. The number of hydrogen-bond acceptors (Lipinski definition) is 6. The number of ether oxygens (including phenoxy) is 1. The summed E-state index contributed by atoms with van der Waals surface area (Å²) in [4.78, 5) is 10.8. The molecule has 0 spiro atoms. The highest BCUT2D eigenvalue weighted by molar-refractivity contribution is 7.98. The number of hydrogen-bond donors (Lipinski definition) is 1. The van der Waals surface area contributed by atoms with Crippen molar-refractivity contribution in [2.45, 2.75) is 26.5 Å². The second-order valence-electron chi connectivity index (χ2n) is 4.12. The molecule has 0 amide bonds. The zero-order valence-corrected chi connectivity index (χ0v) is 12.3. The van der Waals surface area contributed by atoms with E-state index in [0.717, 1.165) is 11.6 Å².